The third-order valence-corrected chi connectivity index (χ3v) is 3.24. The summed E-state index contributed by atoms with van der Waals surface area (Å²) < 4.78 is 19.1. The van der Waals surface area contributed by atoms with E-state index in [0.29, 0.717) is 13.2 Å². The lowest BCUT2D eigenvalue weighted by molar-refractivity contribution is 0.216. The van der Waals surface area contributed by atoms with Gasteiger partial charge in [0.25, 0.3) is 0 Å². The SMILES string of the molecule is CCCOc1ccc(F)cc1C(C)CC(CN)CO. The van der Waals surface area contributed by atoms with E-state index in [-0.39, 0.29) is 24.3 Å². The van der Waals surface area contributed by atoms with Crippen molar-refractivity contribution < 1.29 is 14.2 Å². The van der Waals surface area contributed by atoms with E-state index in [1.54, 1.807) is 6.07 Å². The van der Waals surface area contributed by atoms with E-state index in [2.05, 4.69) is 0 Å². The van der Waals surface area contributed by atoms with E-state index in [0.717, 1.165) is 24.2 Å². The van der Waals surface area contributed by atoms with Gasteiger partial charge in [0.1, 0.15) is 11.6 Å². The van der Waals surface area contributed by atoms with Crippen molar-refractivity contribution in [2.24, 2.45) is 11.7 Å². The predicted molar refractivity (Wildman–Crippen MR) is 74.8 cm³/mol. The summed E-state index contributed by atoms with van der Waals surface area (Å²) in [7, 11) is 0. The average molecular weight is 269 g/mol. The summed E-state index contributed by atoms with van der Waals surface area (Å²) in [5.74, 6) is 0.601. The molecule has 2 atom stereocenters. The molecule has 0 heterocycles. The summed E-state index contributed by atoms with van der Waals surface area (Å²) in [6, 6.07) is 4.60. The topological polar surface area (TPSA) is 55.5 Å². The molecule has 0 saturated heterocycles. The minimum Gasteiger partial charge on any atom is -0.493 e. The first-order chi connectivity index (χ1) is 9.12. The van der Waals surface area contributed by atoms with Gasteiger partial charge in [-0.05, 0) is 55.0 Å². The molecule has 0 aliphatic carbocycles. The van der Waals surface area contributed by atoms with E-state index in [9.17, 15) is 9.50 Å². The Bertz CT molecular complexity index is 380. The first-order valence-corrected chi connectivity index (χ1v) is 6.85. The molecule has 19 heavy (non-hydrogen) atoms. The van der Waals surface area contributed by atoms with Crippen molar-refractivity contribution in [3.8, 4) is 5.75 Å². The molecule has 1 aromatic rings. The van der Waals surface area contributed by atoms with Gasteiger partial charge in [-0.25, -0.2) is 4.39 Å². The van der Waals surface area contributed by atoms with E-state index < -0.39 is 0 Å². The molecule has 3 nitrogen and oxygen atoms in total. The van der Waals surface area contributed by atoms with E-state index >= 15 is 0 Å². The van der Waals surface area contributed by atoms with E-state index in [1.165, 1.54) is 12.1 Å². The standard InChI is InChI=1S/C15H24FNO2/c1-3-6-19-15-5-4-13(16)8-14(15)11(2)7-12(9-17)10-18/h4-5,8,11-12,18H,3,6-7,9-10,17H2,1-2H3. The van der Waals surface area contributed by atoms with Crippen molar-refractivity contribution in [3.63, 3.8) is 0 Å². The first kappa shape index (κ1) is 15.9. The number of benzene rings is 1. The number of aliphatic hydroxyl groups is 1. The van der Waals surface area contributed by atoms with Crippen LogP contribution >= 0.6 is 0 Å². The van der Waals surface area contributed by atoms with Crippen molar-refractivity contribution in [2.75, 3.05) is 19.8 Å². The minimum atomic E-state index is -0.265. The highest BCUT2D eigenvalue weighted by atomic mass is 19.1. The van der Waals surface area contributed by atoms with Gasteiger partial charge in [0, 0.05) is 6.61 Å². The number of nitrogens with two attached hydrogens (primary N) is 1. The van der Waals surface area contributed by atoms with Crippen LogP contribution in [0.5, 0.6) is 5.75 Å². The minimum absolute atomic E-state index is 0.0392. The Balaban J connectivity index is 2.86. The highest BCUT2D eigenvalue weighted by Crippen LogP contribution is 2.31. The second kappa shape index (κ2) is 8.12. The Kier molecular flexibility index (Phi) is 6.81. The molecule has 0 radical (unpaired) electrons. The lowest BCUT2D eigenvalue weighted by Gasteiger charge is -2.20. The van der Waals surface area contributed by atoms with Crippen molar-refractivity contribution in [3.05, 3.63) is 29.6 Å². The monoisotopic (exact) mass is 269 g/mol. The average Bonchev–Trinajstić information content (AvgIpc) is 2.43. The number of hydrogen-bond donors (Lipinski definition) is 2. The molecule has 0 aromatic heterocycles. The summed E-state index contributed by atoms with van der Waals surface area (Å²) >= 11 is 0. The Labute approximate surface area is 114 Å². The van der Waals surface area contributed by atoms with Gasteiger partial charge in [0.2, 0.25) is 0 Å². The second-order valence-electron chi connectivity index (χ2n) is 4.95. The molecule has 1 aromatic carbocycles. The fourth-order valence-corrected chi connectivity index (χ4v) is 2.12. The zero-order valence-electron chi connectivity index (χ0n) is 11.7. The summed E-state index contributed by atoms with van der Waals surface area (Å²) in [5, 5.41) is 9.20. The molecule has 0 amide bonds. The van der Waals surface area contributed by atoms with Gasteiger partial charge in [0.05, 0.1) is 6.61 Å². The van der Waals surface area contributed by atoms with Crippen molar-refractivity contribution in [1.29, 1.82) is 0 Å². The fraction of sp³-hybridized carbons (Fsp3) is 0.600. The molecule has 4 heteroatoms. The summed E-state index contributed by atoms with van der Waals surface area (Å²) in [6.45, 7) is 5.14. The normalized spacial score (nSPS) is 14.2. The Morgan fingerprint density at radius 3 is 2.74 bits per heavy atom. The zero-order valence-corrected chi connectivity index (χ0v) is 11.7. The lowest BCUT2D eigenvalue weighted by Crippen LogP contribution is -2.20. The molecular weight excluding hydrogens is 245 g/mol. The Morgan fingerprint density at radius 2 is 2.16 bits per heavy atom. The van der Waals surface area contributed by atoms with Gasteiger partial charge in [-0.3, -0.25) is 0 Å². The van der Waals surface area contributed by atoms with Crippen molar-refractivity contribution in [2.45, 2.75) is 32.6 Å². The van der Waals surface area contributed by atoms with Gasteiger partial charge in [-0.1, -0.05) is 13.8 Å². The summed E-state index contributed by atoms with van der Waals surface area (Å²) in [5.41, 5.74) is 6.44. The maximum absolute atomic E-state index is 13.4. The molecule has 108 valence electrons. The fourth-order valence-electron chi connectivity index (χ4n) is 2.12. The Morgan fingerprint density at radius 1 is 1.42 bits per heavy atom. The quantitative estimate of drug-likeness (QED) is 0.763. The number of ether oxygens (including phenoxy) is 1. The van der Waals surface area contributed by atoms with Crippen LogP contribution in [0.1, 0.15) is 38.2 Å². The van der Waals surface area contributed by atoms with Crippen LogP contribution in [0.25, 0.3) is 0 Å². The molecule has 2 unspecified atom stereocenters. The third-order valence-electron chi connectivity index (χ3n) is 3.24. The largest absolute Gasteiger partial charge is 0.493 e. The number of aliphatic hydroxyl groups excluding tert-OH is 1. The van der Waals surface area contributed by atoms with Crippen LogP contribution in [0.15, 0.2) is 18.2 Å². The van der Waals surface area contributed by atoms with Crippen LogP contribution in [-0.4, -0.2) is 24.9 Å². The maximum Gasteiger partial charge on any atom is 0.123 e. The highest BCUT2D eigenvalue weighted by molar-refractivity contribution is 5.36. The molecule has 1 rings (SSSR count). The van der Waals surface area contributed by atoms with Crippen LogP contribution in [0.3, 0.4) is 0 Å². The van der Waals surface area contributed by atoms with Gasteiger partial charge < -0.3 is 15.6 Å². The van der Waals surface area contributed by atoms with Gasteiger partial charge >= 0.3 is 0 Å². The Hall–Kier alpha value is -1.13. The van der Waals surface area contributed by atoms with Crippen LogP contribution in [0.2, 0.25) is 0 Å². The predicted octanol–water partition coefficient (Wildman–Crippen LogP) is 2.68. The molecule has 0 spiro atoms. The number of halogens is 1. The number of hydrogen-bond acceptors (Lipinski definition) is 3. The molecule has 0 bridgehead atoms. The van der Waals surface area contributed by atoms with E-state index in [4.69, 9.17) is 10.5 Å². The summed E-state index contributed by atoms with van der Waals surface area (Å²) in [4.78, 5) is 0. The van der Waals surface area contributed by atoms with Crippen LogP contribution in [-0.2, 0) is 0 Å². The van der Waals surface area contributed by atoms with Gasteiger partial charge in [-0.2, -0.15) is 0 Å². The van der Waals surface area contributed by atoms with Crippen molar-refractivity contribution in [1.82, 2.24) is 0 Å². The maximum atomic E-state index is 13.4. The van der Waals surface area contributed by atoms with Gasteiger partial charge in [0.15, 0.2) is 0 Å². The molecule has 0 fully saturated rings. The third kappa shape index (κ3) is 4.80. The zero-order chi connectivity index (χ0) is 14.3. The molecule has 0 saturated carbocycles. The van der Waals surface area contributed by atoms with Crippen LogP contribution in [0, 0.1) is 11.7 Å². The molecular formula is C15H24FNO2. The summed E-state index contributed by atoms with van der Waals surface area (Å²) in [6.07, 6.45) is 1.63. The van der Waals surface area contributed by atoms with Crippen molar-refractivity contribution >= 4 is 0 Å². The molecule has 0 aliphatic rings. The van der Waals surface area contributed by atoms with Gasteiger partial charge in [-0.15, -0.1) is 0 Å². The first-order valence-electron chi connectivity index (χ1n) is 6.85. The lowest BCUT2D eigenvalue weighted by atomic mass is 9.90. The molecule has 3 N–H and O–H groups in total. The van der Waals surface area contributed by atoms with E-state index in [1.807, 2.05) is 13.8 Å². The highest BCUT2D eigenvalue weighted by Gasteiger charge is 2.17. The van der Waals surface area contributed by atoms with Crippen LogP contribution < -0.4 is 10.5 Å². The smallest absolute Gasteiger partial charge is 0.123 e. The van der Waals surface area contributed by atoms with Crippen LogP contribution in [0.4, 0.5) is 4.39 Å². The second-order valence-corrected chi connectivity index (χ2v) is 4.95. The number of rotatable bonds is 8. The molecule has 0 aliphatic heterocycles.